The number of halogens is 3. The van der Waals surface area contributed by atoms with Crippen LogP contribution in [0.3, 0.4) is 0 Å². The molecule has 2 N–H and O–H groups in total. The van der Waals surface area contributed by atoms with Crippen molar-refractivity contribution in [2.75, 3.05) is 18.4 Å². The zero-order valence-corrected chi connectivity index (χ0v) is 14.8. The SMILES string of the molecule is Cc1ccc(C(=O)CCC(=O)NCCNc2ncccc2C(F)(F)F)cc1. The van der Waals surface area contributed by atoms with E-state index < -0.39 is 11.7 Å². The molecule has 1 heterocycles. The summed E-state index contributed by atoms with van der Waals surface area (Å²) in [5.41, 5.74) is 0.725. The molecule has 1 amide bonds. The lowest BCUT2D eigenvalue weighted by Gasteiger charge is -2.13. The van der Waals surface area contributed by atoms with Crippen molar-refractivity contribution in [3.05, 3.63) is 59.3 Å². The van der Waals surface area contributed by atoms with E-state index in [-0.39, 0.29) is 43.4 Å². The Morgan fingerprint density at radius 2 is 1.74 bits per heavy atom. The van der Waals surface area contributed by atoms with Crippen LogP contribution in [-0.2, 0) is 11.0 Å². The van der Waals surface area contributed by atoms with E-state index in [4.69, 9.17) is 0 Å². The molecule has 2 aromatic rings. The van der Waals surface area contributed by atoms with Gasteiger partial charge in [0.2, 0.25) is 5.91 Å². The van der Waals surface area contributed by atoms with Crippen molar-refractivity contribution in [1.29, 1.82) is 0 Å². The van der Waals surface area contributed by atoms with Crippen LogP contribution in [0.1, 0.15) is 34.3 Å². The summed E-state index contributed by atoms with van der Waals surface area (Å²) in [5, 5.41) is 5.12. The molecule has 1 aromatic carbocycles. The van der Waals surface area contributed by atoms with E-state index in [0.717, 1.165) is 11.6 Å². The number of hydrogen-bond acceptors (Lipinski definition) is 4. The van der Waals surface area contributed by atoms with E-state index in [1.165, 1.54) is 12.3 Å². The smallest absolute Gasteiger partial charge is 0.368 e. The van der Waals surface area contributed by atoms with Crippen LogP contribution in [0, 0.1) is 6.92 Å². The Morgan fingerprint density at radius 1 is 1.04 bits per heavy atom. The molecule has 0 saturated carbocycles. The van der Waals surface area contributed by atoms with Gasteiger partial charge in [-0.1, -0.05) is 29.8 Å². The molecular formula is C19H20F3N3O2. The van der Waals surface area contributed by atoms with Gasteiger partial charge in [0.1, 0.15) is 5.82 Å². The molecule has 0 fully saturated rings. The molecule has 27 heavy (non-hydrogen) atoms. The molecule has 144 valence electrons. The van der Waals surface area contributed by atoms with Gasteiger partial charge in [-0.25, -0.2) is 4.98 Å². The first-order chi connectivity index (χ1) is 12.8. The van der Waals surface area contributed by atoms with Crippen LogP contribution in [0.2, 0.25) is 0 Å². The normalized spacial score (nSPS) is 11.1. The molecule has 0 aliphatic rings. The second-order valence-corrected chi connectivity index (χ2v) is 5.96. The standard InChI is InChI=1S/C19H20F3N3O2/c1-13-4-6-14(7-5-13)16(26)8-9-17(27)23-11-12-25-18-15(19(20,21)22)3-2-10-24-18/h2-7,10H,8-9,11-12H2,1H3,(H,23,27)(H,24,25). The van der Waals surface area contributed by atoms with E-state index in [1.54, 1.807) is 12.1 Å². The first-order valence-electron chi connectivity index (χ1n) is 8.40. The van der Waals surface area contributed by atoms with Gasteiger partial charge in [-0.05, 0) is 19.1 Å². The number of carbonyl (C=O) groups excluding carboxylic acids is 2. The second-order valence-electron chi connectivity index (χ2n) is 5.96. The topological polar surface area (TPSA) is 71.1 Å². The molecule has 0 unspecified atom stereocenters. The summed E-state index contributed by atoms with van der Waals surface area (Å²) >= 11 is 0. The summed E-state index contributed by atoms with van der Waals surface area (Å²) in [4.78, 5) is 27.5. The van der Waals surface area contributed by atoms with Crippen LogP contribution in [0.15, 0.2) is 42.6 Å². The lowest BCUT2D eigenvalue weighted by atomic mass is 10.1. The number of nitrogens with zero attached hydrogens (tertiary/aromatic N) is 1. The fourth-order valence-electron chi connectivity index (χ4n) is 2.36. The number of amides is 1. The maximum absolute atomic E-state index is 12.8. The van der Waals surface area contributed by atoms with Gasteiger partial charge in [0.25, 0.3) is 0 Å². The van der Waals surface area contributed by atoms with Crippen LogP contribution >= 0.6 is 0 Å². The fraction of sp³-hybridized carbons (Fsp3) is 0.316. The first-order valence-corrected chi connectivity index (χ1v) is 8.40. The second kappa shape index (κ2) is 9.16. The van der Waals surface area contributed by atoms with Gasteiger partial charge in [-0.3, -0.25) is 9.59 Å². The molecule has 0 saturated heterocycles. The van der Waals surface area contributed by atoms with Crippen LogP contribution in [0.5, 0.6) is 0 Å². The molecule has 0 aliphatic carbocycles. The minimum Gasteiger partial charge on any atom is -0.368 e. The third-order valence-electron chi connectivity index (χ3n) is 3.81. The van der Waals surface area contributed by atoms with E-state index in [9.17, 15) is 22.8 Å². The zero-order chi connectivity index (χ0) is 19.9. The first kappa shape index (κ1) is 20.4. The molecule has 1 aromatic heterocycles. The maximum atomic E-state index is 12.8. The summed E-state index contributed by atoms with van der Waals surface area (Å²) < 4.78 is 38.5. The number of hydrogen-bond donors (Lipinski definition) is 2. The number of pyridine rings is 1. The highest BCUT2D eigenvalue weighted by Crippen LogP contribution is 2.33. The number of rotatable bonds is 8. The number of benzene rings is 1. The van der Waals surface area contributed by atoms with E-state index >= 15 is 0 Å². The van der Waals surface area contributed by atoms with Crippen molar-refractivity contribution in [2.24, 2.45) is 0 Å². The van der Waals surface area contributed by atoms with Gasteiger partial charge in [0, 0.05) is 37.7 Å². The van der Waals surface area contributed by atoms with Crippen molar-refractivity contribution >= 4 is 17.5 Å². The largest absolute Gasteiger partial charge is 0.419 e. The zero-order valence-electron chi connectivity index (χ0n) is 14.8. The molecule has 0 atom stereocenters. The van der Waals surface area contributed by atoms with Crippen LogP contribution in [0.4, 0.5) is 19.0 Å². The number of nitrogens with one attached hydrogen (secondary N) is 2. The lowest BCUT2D eigenvalue weighted by molar-refractivity contribution is -0.137. The summed E-state index contributed by atoms with van der Waals surface area (Å²) in [6.07, 6.45) is -3.16. The summed E-state index contributed by atoms with van der Waals surface area (Å²) in [6, 6.07) is 9.22. The molecule has 0 spiro atoms. The minimum atomic E-state index is -4.50. The van der Waals surface area contributed by atoms with Gasteiger partial charge in [0.05, 0.1) is 5.56 Å². The highest BCUT2D eigenvalue weighted by atomic mass is 19.4. The molecule has 2 rings (SSSR count). The van der Waals surface area contributed by atoms with Crippen LogP contribution < -0.4 is 10.6 Å². The predicted molar refractivity (Wildman–Crippen MR) is 95.5 cm³/mol. The van der Waals surface area contributed by atoms with Gasteiger partial charge in [0.15, 0.2) is 5.78 Å². The Bertz CT molecular complexity index is 790. The Balaban J connectivity index is 1.72. The van der Waals surface area contributed by atoms with E-state index in [2.05, 4.69) is 15.6 Å². The fourth-order valence-corrected chi connectivity index (χ4v) is 2.36. The van der Waals surface area contributed by atoms with Crippen molar-refractivity contribution in [1.82, 2.24) is 10.3 Å². The quantitative estimate of drug-likeness (QED) is 0.543. The Morgan fingerprint density at radius 3 is 2.41 bits per heavy atom. The minimum absolute atomic E-state index is 0.0180. The molecule has 5 nitrogen and oxygen atoms in total. The average Bonchev–Trinajstić information content (AvgIpc) is 2.63. The third kappa shape index (κ3) is 6.40. The van der Waals surface area contributed by atoms with Crippen molar-refractivity contribution in [3.63, 3.8) is 0 Å². The van der Waals surface area contributed by atoms with E-state index in [0.29, 0.717) is 5.56 Å². The number of carbonyl (C=O) groups is 2. The molecular weight excluding hydrogens is 359 g/mol. The highest BCUT2D eigenvalue weighted by Gasteiger charge is 2.33. The molecule has 0 radical (unpaired) electrons. The highest BCUT2D eigenvalue weighted by molar-refractivity contribution is 5.97. The number of ketones is 1. The third-order valence-corrected chi connectivity index (χ3v) is 3.81. The van der Waals surface area contributed by atoms with Gasteiger partial charge < -0.3 is 10.6 Å². The number of Topliss-reactive ketones (excluding diaryl/α,β-unsaturated/α-hetero) is 1. The number of aryl methyl sites for hydroxylation is 1. The Kier molecular flexibility index (Phi) is 6.92. The van der Waals surface area contributed by atoms with Crippen molar-refractivity contribution < 1.29 is 22.8 Å². The maximum Gasteiger partial charge on any atom is 0.419 e. The number of anilines is 1. The van der Waals surface area contributed by atoms with Crippen molar-refractivity contribution in [3.8, 4) is 0 Å². The molecule has 0 bridgehead atoms. The van der Waals surface area contributed by atoms with Crippen LogP contribution in [0.25, 0.3) is 0 Å². The van der Waals surface area contributed by atoms with Crippen LogP contribution in [-0.4, -0.2) is 29.8 Å². The van der Waals surface area contributed by atoms with Gasteiger partial charge >= 0.3 is 6.18 Å². The Hall–Kier alpha value is -2.90. The van der Waals surface area contributed by atoms with Crippen molar-refractivity contribution in [2.45, 2.75) is 25.9 Å². The summed E-state index contributed by atoms with van der Waals surface area (Å²) in [6.45, 7) is 2.11. The van der Waals surface area contributed by atoms with E-state index in [1.807, 2.05) is 19.1 Å². The average molecular weight is 379 g/mol. The summed E-state index contributed by atoms with van der Waals surface area (Å²) in [7, 11) is 0. The van der Waals surface area contributed by atoms with Gasteiger partial charge in [-0.2, -0.15) is 13.2 Å². The Labute approximate surface area is 155 Å². The van der Waals surface area contributed by atoms with Gasteiger partial charge in [-0.15, -0.1) is 0 Å². The number of aromatic nitrogens is 1. The monoisotopic (exact) mass is 379 g/mol. The predicted octanol–water partition coefficient (Wildman–Crippen LogP) is 3.60. The summed E-state index contributed by atoms with van der Waals surface area (Å²) in [5.74, 6) is -0.755. The molecule has 8 heteroatoms. The molecule has 0 aliphatic heterocycles. The number of alkyl halides is 3. The lowest BCUT2D eigenvalue weighted by Crippen LogP contribution is -2.29.